The first-order valence-corrected chi connectivity index (χ1v) is 7.03. The van der Waals surface area contributed by atoms with Gasteiger partial charge in [-0.15, -0.1) is 0 Å². The molecule has 19 heavy (non-hydrogen) atoms. The summed E-state index contributed by atoms with van der Waals surface area (Å²) in [6, 6.07) is 6.14. The number of aryl methyl sites for hydroxylation is 1. The molecule has 2 aliphatic rings. The number of carbonyl (C=O) groups is 1. The van der Waals surface area contributed by atoms with Crippen molar-refractivity contribution >= 4 is 5.91 Å². The fourth-order valence-corrected chi connectivity index (χ4v) is 2.92. The Labute approximate surface area is 113 Å². The predicted octanol–water partition coefficient (Wildman–Crippen LogP) is 1.63. The third-order valence-electron chi connectivity index (χ3n) is 4.06. The van der Waals surface area contributed by atoms with Crippen molar-refractivity contribution in [1.82, 2.24) is 4.90 Å². The van der Waals surface area contributed by atoms with Crippen molar-refractivity contribution in [3.8, 4) is 5.75 Å². The van der Waals surface area contributed by atoms with Crippen molar-refractivity contribution in [2.24, 2.45) is 5.73 Å². The molecule has 1 heterocycles. The molecule has 0 aromatic heterocycles. The molecule has 1 amide bonds. The van der Waals surface area contributed by atoms with Gasteiger partial charge in [0.2, 0.25) is 0 Å². The van der Waals surface area contributed by atoms with Gasteiger partial charge in [0.25, 0.3) is 5.91 Å². The zero-order valence-electron chi connectivity index (χ0n) is 11.1. The number of ether oxygens (including phenoxy) is 1. The Morgan fingerprint density at radius 2 is 2.16 bits per heavy atom. The van der Waals surface area contributed by atoms with E-state index >= 15 is 0 Å². The predicted molar refractivity (Wildman–Crippen MR) is 73.0 cm³/mol. The van der Waals surface area contributed by atoms with Crippen LogP contribution in [0.15, 0.2) is 18.2 Å². The second-order valence-electron chi connectivity index (χ2n) is 5.38. The molecule has 1 fully saturated rings. The molecule has 102 valence electrons. The Bertz CT molecular complexity index is 481. The summed E-state index contributed by atoms with van der Waals surface area (Å²) >= 11 is 0. The minimum absolute atomic E-state index is 0.0923. The van der Waals surface area contributed by atoms with E-state index in [0.717, 1.165) is 44.5 Å². The van der Waals surface area contributed by atoms with Crippen molar-refractivity contribution in [1.29, 1.82) is 0 Å². The molecule has 2 N–H and O–H groups in total. The first-order valence-electron chi connectivity index (χ1n) is 7.03. The van der Waals surface area contributed by atoms with Crippen molar-refractivity contribution in [3.63, 3.8) is 0 Å². The van der Waals surface area contributed by atoms with Crippen molar-refractivity contribution in [2.45, 2.75) is 31.7 Å². The summed E-state index contributed by atoms with van der Waals surface area (Å²) in [5.74, 6) is 0.870. The maximum atomic E-state index is 11.9. The van der Waals surface area contributed by atoms with Crippen LogP contribution in [0.1, 0.15) is 36.4 Å². The van der Waals surface area contributed by atoms with E-state index in [0.29, 0.717) is 0 Å². The number of carbonyl (C=O) groups excluding carboxylic acids is 1. The standard InChI is InChI=1S/C15H20N2O2/c16-14-6-3-11-9-12(4-5-13(11)14)19-10-15(18)17-7-1-2-8-17/h4-5,9,14H,1-3,6-8,10,16H2/t14-/m1/s1. The van der Waals surface area contributed by atoms with E-state index in [-0.39, 0.29) is 18.6 Å². The van der Waals surface area contributed by atoms with Crippen LogP contribution in [-0.4, -0.2) is 30.5 Å². The molecule has 1 aromatic rings. The molecule has 0 unspecified atom stereocenters. The van der Waals surface area contributed by atoms with E-state index in [1.807, 2.05) is 23.1 Å². The number of amides is 1. The fourth-order valence-electron chi connectivity index (χ4n) is 2.92. The van der Waals surface area contributed by atoms with Gasteiger partial charge in [-0.2, -0.15) is 0 Å². The topological polar surface area (TPSA) is 55.6 Å². The van der Waals surface area contributed by atoms with Gasteiger partial charge in [-0.1, -0.05) is 6.07 Å². The minimum atomic E-state index is 0.0923. The molecule has 1 atom stereocenters. The minimum Gasteiger partial charge on any atom is -0.484 e. The number of benzene rings is 1. The Hall–Kier alpha value is -1.55. The molecule has 4 nitrogen and oxygen atoms in total. The summed E-state index contributed by atoms with van der Waals surface area (Å²) < 4.78 is 5.61. The van der Waals surface area contributed by atoms with Crippen LogP contribution in [0.3, 0.4) is 0 Å². The first-order chi connectivity index (χ1) is 9.24. The van der Waals surface area contributed by atoms with Gasteiger partial charge in [0.15, 0.2) is 6.61 Å². The maximum Gasteiger partial charge on any atom is 0.260 e. The smallest absolute Gasteiger partial charge is 0.260 e. The summed E-state index contributed by atoms with van der Waals surface area (Å²) in [7, 11) is 0. The van der Waals surface area contributed by atoms with E-state index in [9.17, 15) is 4.79 Å². The van der Waals surface area contributed by atoms with E-state index in [2.05, 4.69) is 0 Å². The van der Waals surface area contributed by atoms with Gasteiger partial charge >= 0.3 is 0 Å². The molecule has 1 aliphatic heterocycles. The summed E-state index contributed by atoms with van der Waals surface area (Å²) in [6.45, 7) is 1.90. The highest BCUT2D eigenvalue weighted by atomic mass is 16.5. The van der Waals surface area contributed by atoms with E-state index in [1.54, 1.807) is 0 Å². The van der Waals surface area contributed by atoms with Gasteiger partial charge in [-0.05, 0) is 48.9 Å². The largest absolute Gasteiger partial charge is 0.484 e. The van der Waals surface area contributed by atoms with Crippen molar-refractivity contribution in [2.75, 3.05) is 19.7 Å². The van der Waals surface area contributed by atoms with Crippen LogP contribution in [0.25, 0.3) is 0 Å². The van der Waals surface area contributed by atoms with Crippen LogP contribution in [0.4, 0.5) is 0 Å². The Balaban J connectivity index is 1.60. The number of nitrogens with two attached hydrogens (primary N) is 1. The zero-order valence-corrected chi connectivity index (χ0v) is 11.1. The molecule has 1 aromatic carbocycles. The molecular weight excluding hydrogens is 240 g/mol. The Morgan fingerprint density at radius 1 is 1.37 bits per heavy atom. The lowest BCUT2D eigenvalue weighted by molar-refractivity contribution is -0.132. The van der Waals surface area contributed by atoms with Gasteiger partial charge in [0.1, 0.15) is 5.75 Å². The van der Waals surface area contributed by atoms with Gasteiger partial charge < -0.3 is 15.4 Å². The summed E-state index contributed by atoms with van der Waals surface area (Å²) in [5.41, 5.74) is 8.48. The number of fused-ring (bicyclic) bond motifs is 1. The molecule has 0 bridgehead atoms. The fraction of sp³-hybridized carbons (Fsp3) is 0.533. The van der Waals surface area contributed by atoms with Crippen LogP contribution < -0.4 is 10.5 Å². The monoisotopic (exact) mass is 260 g/mol. The number of likely N-dealkylation sites (tertiary alicyclic amines) is 1. The number of rotatable bonds is 3. The summed E-state index contributed by atoms with van der Waals surface area (Å²) in [4.78, 5) is 13.8. The van der Waals surface area contributed by atoms with E-state index in [1.165, 1.54) is 11.1 Å². The quantitative estimate of drug-likeness (QED) is 0.898. The number of hydrogen-bond acceptors (Lipinski definition) is 3. The molecular formula is C15H20N2O2. The summed E-state index contributed by atoms with van der Waals surface area (Å²) in [5, 5.41) is 0. The third kappa shape index (κ3) is 2.59. The molecule has 0 radical (unpaired) electrons. The normalized spacial score (nSPS) is 21.5. The van der Waals surface area contributed by atoms with Gasteiger partial charge in [-0.3, -0.25) is 4.79 Å². The van der Waals surface area contributed by atoms with Gasteiger partial charge in [0, 0.05) is 19.1 Å². The highest BCUT2D eigenvalue weighted by Gasteiger charge is 2.20. The van der Waals surface area contributed by atoms with E-state index < -0.39 is 0 Å². The molecule has 1 aliphatic carbocycles. The highest BCUT2D eigenvalue weighted by Crippen LogP contribution is 2.31. The molecule has 4 heteroatoms. The van der Waals surface area contributed by atoms with Crippen molar-refractivity contribution in [3.05, 3.63) is 29.3 Å². The summed E-state index contributed by atoms with van der Waals surface area (Å²) in [6.07, 6.45) is 4.24. The number of hydrogen-bond donors (Lipinski definition) is 1. The Kier molecular flexibility index (Phi) is 3.42. The lowest BCUT2D eigenvalue weighted by atomic mass is 10.1. The lowest BCUT2D eigenvalue weighted by Crippen LogP contribution is -2.32. The molecule has 0 spiro atoms. The third-order valence-corrected chi connectivity index (χ3v) is 4.06. The van der Waals surface area contributed by atoms with E-state index in [4.69, 9.17) is 10.5 Å². The average Bonchev–Trinajstić information content (AvgIpc) is 3.06. The van der Waals surface area contributed by atoms with Crippen LogP contribution in [-0.2, 0) is 11.2 Å². The second-order valence-corrected chi connectivity index (χ2v) is 5.38. The van der Waals surface area contributed by atoms with Crippen molar-refractivity contribution < 1.29 is 9.53 Å². The average molecular weight is 260 g/mol. The Morgan fingerprint density at radius 3 is 2.95 bits per heavy atom. The SMILES string of the molecule is N[C@@H]1CCc2cc(OCC(=O)N3CCCC3)ccc21. The highest BCUT2D eigenvalue weighted by molar-refractivity contribution is 5.78. The van der Waals surface area contributed by atoms with Crippen LogP contribution in [0.5, 0.6) is 5.75 Å². The lowest BCUT2D eigenvalue weighted by Gasteiger charge is -2.16. The maximum absolute atomic E-state index is 11.9. The number of nitrogens with zero attached hydrogens (tertiary/aromatic N) is 1. The zero-order chi connectivity index (χ0) is 13.2. The second kappa shape index (κ2) is 5.21. The van der Waals surface area contributed by atoms with Crippen LogP contribution in [0, 0.1) is 0 Å². The van der Waals surface area contributed by atoms with Crippen LogP contribution >= 0.6 is 0 Å². The van der Waals surface area contributed by atoms with Gasteiger partial charge in [-0.25, -0.2) is 0 Å². The molecule has 1 saturated heterocycles. The first kappa shape index (κ1) is 12.5. The molecule has 0 saturated carbocycles. The van der Waals surface area contributed by atoms with Crippen LogP contribution in [0.2, 0.25) is 0 Å². The van der Waals surface area contributed by atoms with Gasteiger partial charge in [0.05, 0.1) is 0 Å². The molecule has 3 rings (SSSR count).